The largest absolute Gasteiger partial charge is 0.497 e. The lowest BCUT2D eigenvalue weighted by Crippen LogP contribution is -2.35. The molecule has 1 aromatic heterocycles. The molecule has 1 saturated heterocycles. The number of hydrogen-bond donors (Lipinski definition) is 2. The van der Waals surface area contributed by atoms with Crippen molar-refractivity contribution in [2.75, 3.05) is 25.7 Å². The first-order valence-corrected chi connectivity index (χ1v) is 9.77. The van der Waals surface area contributed by atoms with Crippen LogP contribution in [0.4, 0.5) is 5.69 Å². The minimum Gasteiger partial charge on any atom is -0.497 e. The highest BCUT2D eigenvalue weighted by atomic mass is 16.5. The van der Waals surface area contributed by atoms with E-state index in [2.05, 4.69) is 15.3 Å². The van der Waals surface area contributed by atoms with E-state index >= 15 is 0 Å². The lowest BCUT2D eigenvalue weighted by atomic mass is 10.1. The van der Waals surface area contributed by atoms with Crippen LogP contribution in [0.3, 0.4) is 0 Å². The fraction of sp³-hybridized carbons (Fsp3) is 0.318. The molecule has 1 aliphatic rings. The number of rotatable bonds is 6. The third kappa shape index (κ3) is 3.68. The van der Waals surface area contributed by atoms with Crippen LogP contribution in [0.15, 0.2) is 42.5 Å². The molecule has 4 rings (SSSR count). The van der Waals surface area contributed by atoms with Crippen LogP contribution in [0.1, 0.15) is 25.2 Å². The summed E-state index contributed by atoms with van der Waals surface area (Å²) in [5.74, 6) is 1.11. The fourth-order valence-corrected chi connectivity index (χ4v) is 3.70. The average molecular weight is 408 g/mol. The van der Waals surface area contributed by atoms with Crippen LogP contribution in [0.5, 0.6) is 11.5 Å². The fourth-order valence-electron chi connectivity index (χ4n) is 3.70. The summed E-state index contributed by atoms with van der Waals surface area (Å²) >= 11 is 0. The number of carbonyl (C=O) groups is 2. The summed E-state index contributed by atoms with van der Waals surface area (Å²) in [6.07, 6.45) is 0.147. The van der Waals surface area contributed by atoms with Gasteiger partial charge in [-0.2, -0.15) is 0 Å². The number of imidazole rings is 1. The number of aromatic amines is 1. The molecular formula is C22H24N4O4. The number of aromatic nitrogens is 2. The van der Waals surface area contributed by atoms with Crippen molar-refractivity contribution >= 4 is 28.5 Å². The Hall–Kier alpha value is -3.55. The van der Waals surface area contributed by atoms with Gasteiger partial charge in [0.25, 0.3) is 0 Å². The molecule has 1 aliphatic heterocycles. The molecule has 2 atom stereocenters. The van der Waals surface area contributed by atoms with Gasteiger partial charge in [-0.3, -0.25) is 9.59 Å². The number of anilines is 1. The van der Waals surface area contributed by atoms with Gasteiger partial charge in [-0.05, 0) is 31.2 Å². The average Bonchev–Trinajstić information content (AvgIpc) is 3.37. The van der Waals surface area contributed by atoms with Gasteiger partial charge in [0.15, 0.2) is 0 Å². The zero-order valence-corrected chi connectivity index (χ0v) is 17.1. The predicted molar refractivity (Wildman–Crippen MR) is 113 cm³/mol. The molecule has 30 heavy (non-hydrogen) atoms. The highest BCUT2D eigenvalue weighted by Crippen LogP contribution is 2.36. The van der Waals surface area contributed by atoms with E-state index in [0.717, 1.165) is 11.0 Å². The van der Waals surface area contributed by atoms with Gasteiger partial charge in [-0.15, -0.1) is 0 Å². The normalized spacial score (nSPS) is 17.2. The summed E-state index contributed by atoms with van der Waals surface area (Å²) < 4.78 is 10.6. The van der Waals surface area contributed by atoms with Crippen molar-refractivity contribution in [3.05, 3.63) is 48.3 Å². The van der Waals surface area contributed by atoms with Crippen LogP contribution in [-0.2, 0) is 9.59 Å². The van der Waals surface area contributed by atoms with E-state index in [4.69, 9.17) is 9.47 Å². The number of ether oxygens (including phenoxy) is 2. The summed E-state index contributed by atoms with van der Waals surface area (Å²) in [5.41, 5.74) is 2.40. The molecule has 0 unspecified atom stereocenters. The van der Waals surface area contributed by atoms with Crippen molar-refractivity contribution in [1.82, 2.24) is 15.3 Å². The minimum absolute atomic E-state index is 0.116. The van der Waals surface area contributed by atoms with Crippen LogP contribution in [0.2, 0.25) is 0 Å². The van der Waals surface area contributed by atoms with E-state index in [9.17, 15) is 9.59 Å². The lowest BCUT2D eigenvalue weighted by molar-refractivity contribution is -0.126. The Kier molecular flexibility index (Phi) is 5.31. The summed E-state index contributed by atoms with van der Waals surface area (Å²) in [7, 11) is 3.11. The van der Waals surface area contributed by atoms with E-state index in [-0.39, 0.29) is 24.3 Å². The van der Waals surface area contributed by atoms with Gasteiger partial charge >= 0.3 is 0 Å². The van der Waals surface area contributed by atoms with Crippen molar-refractivity contribution in [3.8, 4) is 11.5 Å². The molecule has 0 bridgehead atoms. The lowest BCUT2D eigenvalue weighted by Gasteiger charge is -2.20. The van der Waals surface area contributed by atoms with Gasteiger partial charge in [-0.1, -0.05) is 12.1 Å². The molecule has 2 N–H and O–H groups in total. The summed E-state index contributed by atoms with van der Waals surface area (Å²) in [4.78, 5) is 34.8. The molecule has 2 amide bonds. The molecule has 3 aromatic rings. The summed E-state index contributed by atoms with van der Waals surface area (Å²) in [6, 6.07) is 12.7. The molecule has 2 heterocycles. The zero-order chi connectivity index (χ0) is 21.3. The third-order valence-corrected chi connectivity index (χ3v) is 5.35. The third-order valence-electron chi connectivity index (χ3n) is 5.35. The first-order valence-electron chi connectivity index (χ1n) is 9.77. The van der Waals surface area contributed by atoms with Crippen molar-refractivity contribution in [3.63, 3.8) is 0 Å². The SMILES string of the molecule is COc1ccc(N2C[C@@H](C(=O)N[C@H](C)c3nc4ccccc4[nH]3)CC2=O)c(OC)c1. The summed E-state index contributed by atoms with van der Waals surface area (Å²) in [5, 5.41) is 2.98. The van der Waals surface area contributed by atoms with Gasteiger partial charge in [0, 0.05) is 19.0 Å². The van der Waals surface area contributed by atoms with Gasteiger partial charge < -0.3 is 24.7 Å². The molecule has 8 nitrogen and oxygen atoms in total. The van der Waals surface area contributed by atoms with Crippen LogP contribution >= 0.6 is 0 Å². The van der Waals surface area contributed by atoms with Crippen molar-refractivity contribution in [2.24, 2.45) is 5.92 Å². The predicted octanol–water partition coefficient (Wildman–Crippen LogP) is 2.81. The van der Waals surface area contributed by atoms with Crippen LogP contribution in [-0.4, -0.2) is 42.5 Å². The van der Waals surface area contributed by atoms with Crippen molar-refractivity contribution < 1.29 is 19.1 Å². The Morgan fingerprint density at radius 1 is 1.23 bits per heavy atom. The Bertz CT molecular complexity index is 1060. The maximum atomic E-state index is 12.8. The molecule has 0 spiro atoms. The highest BCUT2D eigenvalue weighted by Gasteiger charge is 2.37. The molecule has 0 radical (unpaired) electrons. The number of fused-ring (bicyclic) bond motifs is 1. The second-order valence-electron chi connectivity index (χ2n) is 7.31. The second kappa shape index (κ2) is 8.06. The number of para-hydroxylation sites is 2. The summed E-state index contributed by atoms with van der Waals surface area (Å²) in [6.45, 7) is 2.16. The van der Waals surface area contributed by atoms with Gasteiger partial charge in [0.2, 0.25) is 11.8 Å². The van der Waals surface area contributed by atoms with E-state index < -0.39 is 5.92 Å². The van der Waals surface area contributed by atoms with Gasteiger partial charge in [-0.25, -0.2) is 4.98 Å². The maximum Gasteiger partial charge on any atom is 0.227 e. The molecule has 2 aromatic carbocycles. The zero-order valence-electron chi connectivity index (χ0n) is 17.1. The van der Waals surface area contributed by atoms with E-state index in [1.54, 1.807) is 30.2 Å². The minimum atomic E-state index is -0.448. The molecule has 8 heteroatoms. The van der Waals surface area contributed by atoms with Gasteiger partial charge in [0.1, 0.15) is 17.3 Å². The first kappa shape index (κ1) is 19.8. The molecular weight excluding hydrogens is 384 g/mol. The maximum absolute atomic E-state index is 12.8. The Morgan fingerprint density at radius 3 is 2.77 bits per heavy atom. The number of carbonyl (C=O) groups excluding carboxylic acids is 2. The van der Waals surface area contributed by atoms with E-state index in [1.165, 1.54) is 7.11 Å². The number of benzene rings is 2. The highest BCUT2D eigenvalue weighted by molar-refractivity contribution is 6.01. The standard InChI is InChI=1S/C22H24N4O4/c1-13(21-24-16-6-4-5-7-17(16)25-21)23-22(28)14-10-20(27)26(12-14)18-9-8-15(29-2)11-19(18)30-3/h4-9,11,13-14H,10,12H2,1-3H3,(H,23,28)(H,24,25)/t13-,14+/m1/s1. The van der Waals surface area contributed by atoms with Crippen LogP contribution < -0.4 is 19.7 Å². The molecule has 1 fully saturated rings. The van der Waals surface area contributed by atoms with Crippen molar-refractivity contribution in [1.29, 1.82) is 0 Å². The van der Waals surface area contributed by atoms with E-state index in [1.807, 2.05) is 31.2 Å². The Balaban J connectivity index is 1.46. The Morgan fingerprint density at radius 2 is 2.03 bits per heavy atom. The smallest absolute Gasteiger partial charge is 0.227 e. The number of amides is 2. The van der Waals surface area contributed by atoms with Gasteiger partial charge in [0.05, 0.1) is 42.9 Å². The monoisotopic (exact) mass is 408 g/mol. The van der Waals surface area contributed by atoms with Crippen LogP contribution in [0.25, 0.3) is 11.0 Å². The molecule has 0 aliphatic carbocycles. The molecule has 0 saturated carbocycles. The van der Waals surface area contributed by atoms with E-state index in [0.29, 0.717) is 29.6 Å². The second-order valence-corrected chi connectivity index (χ2v) is 7.31. The van der Waals surface area contributed by atoms with Crippen molar-refractivity contribution in [2.45, 2.75) is 19.4 Å². The number of hydrogen-bond acceptors (Lipinski definition) is 5. The number of H-pyrrole nitrogens is 1. The topological polar surface area (TPSA) is 96.5 Å². The number of methoxy groups -OCH3 is 2. The number of nitrogens with one attached hydrogen (secondary N) is 2. The molecule has 156 valence electrons. The quantitative estimate of drug-likeness (QED) is 0.654. The number of nitrogens with zero attached hydrogens (tertiary/aromatic N) is 2. The Labute approximate surface area is 174 Å². The van der Waals surface area contributed by atoms with Crippen LogP contribution in [0, 0.1) is 5.92 Å². The first-order chi connectivity index (χ1) is 14.5.